The molecule has 2 rings (SSSR count). The number of nitrogens with zero attached hydrogens (tertiary/aromatic N) is 1. The van der Waals surface area contributed by atoms with Gasteiger partial charge in [0.05, 0.1) is 5.69 Å². The average molecular weight is 306 g/mol. The molecule has 110 valence electrons. The zero-order chi connectivity index (χ0) is 15.4. The molecule has 6 nitrogen and oxygen atoms in total. The summed E-state index contributed by atoms with van der Waals surface area (Å²) < 4.78 is 5.52. The highest BCUT2D eigenvalue weighted by atomic mass is 32.2. The highest BCUT2D eigenvalue weighted by Crippen LogP contribution is 2.23. The lowest BCUT2D eigenvalue weighted by molar-refractivity contribution is -0.136. The molecule has 0 bridgehead atoms. The third kappa shape index (κ3) is 3.85. The molecule has 0 aliphatic rings. The van der Waals surface area contributed by atoms with E-state index in [4.69, 9.17) is 9.84 Å². The summed E-state index contributed by atoms with van der Waals surface area (Å²) in [7, 11) is 0. The van der Waals surface area contributed by atoms with Gasteiger partial charge in [0.1, 0.15) is 11.0 Å². The molecule has 0 amide bonds. The molecule has 1 atom stereocenters. The number of ether oxygens (including phenoxy) is 1. The monoisotopic (exact) mass is 306 g/mol. The van der Waals surface area contributed by atoms with Gasteiger partial charge in [-0.2, -0.15) is 0 Å². The van der Waals surface area contributed by atoms with E-state index in [0.717, 1.165) is 11.8 Å². The van der Waals surface area contributed by atoms with Crippen LogP contribution in [0.3, 0.4) is 0 Å². The van der Waals surface area contributed by atoms with E-state index < -0.39 is 16.8 Å². The van der Waals surface area contributed by atoms with Crippen LogP contribution < -0.4 is 10.3 Å². The van der Waals surface area contributed by atoms with E-state index in [-0.39, 0.29) is 10.9 Å². The second-order valence-corrected chi connectivity index (χ2v) is 5.63. The quantitative estimate of drug-likeness (QED) is 0.651. The van der Waals surface area contributed by atoms with Crippen LogP contribution in [0, 0.1) is 6.92 Å². The average Bonchev–Trinajstić information content (AvgIpc) is 2.44. The summed E-state index contributed by atoms with van der Waals surface area (Å²) >= 11 is 0.973. The third-order valence-electron chi connectivity index (χ3n) is 2.62. The maximum Gasteiger partial charge on any atom is 0.316 e. The zero-order valence-corrected chi connectivity index (χ0v) is 12.3. The Labute approximate surface area is 125 Å². The Morgan fingerprint density at radius 1 is 1.38 bits per heavy atom. The van der Waals surface area contributed by atoms with Gasteiger partial charge in [0, 0.05) is 0 Å². The van der Waals surface area contributed by atoms with Crippen LogP contribution in [-0.4, -0.2) is 26.3 Å². The van der Waals surface area contributed by atoms with Gasteiger partial charge in [0.25, 0.3) is 5.56 Å². The number of aromatic amines is 1. The van der Waals surface area contributed by atoms with E-state index in [9.17, 15) is 9.59 Å². The molecule has 0 radical (unpaired) electrons. The molecule has 7 heteroatoms. The van der Waals surface area contributed by atoms with Crippen LogP contribution in [0.15, 0.2) is 40.3 Å². The van der Waals surface area contributed by atoms with Crippen LogP contribution in [-0.2, 0) is 4.79 Å². The first-order chi connectivity index (χ1) is 9.97. The minimum atomic E-state index is -0.968. The van der Waals surface area contributed by atoms with Gasteiger partial charge < -0.3 is 9.84 Å². The molecule has 1 aromatic carbocycles. The Bertz CT molecular complexity index is 700. The first-order valence-corrected chi connectivity index (χ1v) is 7.08. The Morgan fingerprint density at radius 2 is 2.05 bits per heavy atom. The summed E-state index contributed by atoms with van der Waals surface area (Å²) in [4.78, 5) is 29.6. The van der Waals surface area contributed by atoms with Gasteiger partial charge in [-0.3, -0.25) is 14.6 Å². The van der Waals surface area contributed by atoms with E-state index in [1.165, 1.54) is 6.92 Å². The molecule has 2 aromatic rings. The van der Waals surface area contributed by atoms with Gasteiger partial charge in [-0.15, -0.1) is 0 Å². The topological polar surface area (TPSA) is 92.3 Å². The minimum absolute atomic E-state index is 0.105. The van der Waals surface area contributed by atoms with E-state index in [0.29, 0.717) is 11.4 Å². The van der Waals surface area contributed by atoms with Gasteiger partial charge in [0.15, 0.2) is 5.16 Å². The number of hydrogen-bond donors (Lipinski definition) is 2. The number of carboxylic acids is 1. The Balaban J connectivity index is 2.26. The van der Waals surface area contributed by atoms with Gasteiger partial charge >= 0.3 is 5.97 Å². The van der Waals surface area contributed by atoms with Crippen molar-refractivity contribution in [1.29, 1.82) is 0 Å². The molecule has 0 aliphatic carbocycles. The number of nitrogens with one attached hydrogen (secondary N) is 1. The summed E-state index contributed by atoms with van der Waals surface area (Å²) in [5.74, 6) is -0.328. The number of aliphatic carboxylic acids is 1. The highest BCUT2D eigenvalue weighted by molar-refractivity contribution is 8.00. The molecule has 0 saturated carbocycles. The lowest BCUT2D eigenvalue weighted by Gasteiger charge is -2.09. The number of carboxylic acid groups (broad SMARTS) is 1. The van der Waals surface area contributed by atoms with E-state index in [1.54, 1.807) is 31.2 Å². The van der Waals surface area contributed by atoms with Gasteiger partial charge in [-0.1, -0.05) is 30.0 Å². The van der Waals surface area contributed by atoms with Crippen LogP contribution in [0.25, 0.3) is 0 Å². The summed E-state index contributed by atoms with van der Waals surface area (Å²) in [6, 6.07) is 8.90. The lowest BCUT2D eigenvalue weighted by Crippen LogP contribution is -2.17. The molecule has 0 saturated heterocycles. The number of aryl methyl sites for hydroxylation is 1. The molecule has 1 unspecified atom stereocenters. The van der Waals surface area contributed by atoms with E-state index in [2.05, 4.69) is 9.97 Å². The van der Waals surface area contributed by atoms with Crippen molar-refractivity contribution in [2.75, 3.05) is 0 Å². The number of rotatable bonds is 5. The number of thioether (sulfide) groups is 1. The van der Waals surface area contributed by atoms with Crippen molar-refractivity contribution in [3.63, 3.8) is 0 Å². The molecular weight excluding hydrogens is 292 g/mol. The maximum atomic E-state index is 12.0. The molecule has 1 heterocycles. The molecule has 0 fully saturated rings. The standard InChI is InChI=1S/C14H14N2O4S/c1-8-11(20-10-6-4-3-5-7-10)12(17)16-14(15-8)21-9(2)13(18)19/h3-7,9H,1-2H3,(H,18,19)(H,15,16,17). The molecule has 2 N–H and O–H groups in total. The minimum Gasteiger partial charge on any atom is -0.480 e. The predicted octanol–water partition coefficient (Wildman–Crippen LogP) is 2.44. The first kappa shape index (κ1) is 15.1. The van der Waals surface area contributed by atoms with Crippen LogP contribution in [0.4, 0.5) is 0 Å². The number of aromatic nitrogens is 2. The van der Waals surface area contributed by atoms with Gasteiger partial charge in [-0.05, 0) is 26.0 Å². The molecular formula is C14H14N2O4S. The van der Waals surface area contributed by atoms with Crippen molar-refractivity contribution in [2.24, 2.45) is 0 Å². The fraction of sp³-hybridized carbons (Fsp3) is 0.214. The smallest absolute Gasteiger partial charge is 0.316 e. The lowest BCUT2D eigenvalue weighted by atomic mass is 10.3. The maximum absolute atomic E-state index is 12.0. The third-order valence-corrected chi connectivity index (χ3v) is 3.60. The number of carbonyl (C=O) groups is 1. The van der Waals surface area contributed by atoms with Gasteiger partial charge in [0.2, 0.25) is 5.75 Å². The molecule has 0 aliphatic heterocycles. The van der Waals surface area contributed by atoms with Crippen molar-refractivity contribution in [2.45, 2.75) is 24.3 Å². The Kier molecular flexibility index (Phi) is 4.64. The van der Waals surface area contributed by atoms with Crippen LogP contribution >= 0.6 is 11.8 Å². The normalized spacial score (nSPS) is 11.9. The number of H-pyrrole nitrogens is 1. The van der Waals surface area contributed by atoms with Crippen LogP contribution in [0.1, 0.15) is 12.6 Å². The summed E-state index contributed by atoms with van der Waals surface area (Å²) in [5.41, 5.74) is -0.0332. The van der Waals surface area contributed by atoms with E-state index in [1.807, 2.05) is 6.07 Å². The second kappa shape index (κ2) is 6.45. The second-order valence-electron chi connectivity index (χ2n) is 4.30. The number of hydrogen-bond acceptors (Lipinski definition) is 5. The zero-order valence-electron chi connectivity index (χ0n) is 11.5. The summed E-state index contributed by atoms with van der Waals surface area (Å²) in [6.45, 7) is 3.17. The largest absolute Gasteiger partial charge is 0.480 e. The Hall–Kier alpha value is -2.28. The van der Waals surface area contributed by atoms with Crippen LogP contribution in [0.2, 0.25) is 0 Å². The van der Waals surface area contributed by atoms with Crippen molar-refractivity contribution < 1.29 is 14.6 Å². The van der Waals surface area contributed by atoms with Crippen molar-refractivity contribution in [1.82, 2.24) is 9.97 Å². The molecule has 21 heavy (non-hydrogen) atoms. The van der Waals surface area contributed by atoms with Crippen molar-refractivity contribution in [3.8, 4) is 11.5 Å². The predicted molar refractivity (Wildman–Crippen MR) is 79.1 cm³/mol. The molecule has 0 spiro atoms. The van der Waals surface area contributed by atoms with Crippen LogP contribution in [0.5, 0.6) is 11.5 Å². The summed E-state index contributed by atoms with van der Waals surface area (Å²) in [6.07, 6.45) is 0. The fourth-order valence-corrected chi connectivity index (χ4v) is 2.33. The Morgan fingerprint density at radius 3 is 2.62 bits per heavy atom. The highest BCUT2D eigenvalue weighted by Gasteiger charge is 2.16. The molecule has 1 aromatic heterocycles. The van der Waals surface area contributed by atoms with Gasteiger partial charge in [-0.25, -0.2) is 4.98 Å². The first-order valence-electron chi connectivity index (χ1n) is 6.20. The SMILES string of the molecule is Cc1nc(SC(C)C(=O)O)[nH]c(=O)c1Oc1ccccc1. The number of para-hydroxylation sites is 1. The fourth-order valence-electron chi connectivity index (χ4n) is 1.55. The van der Waals surface area contributed by atoms with Crippen molar-refractivity contribution in [3.05, 3.63) is 46.4 Å². The van der Waals surface area contributed by atoms with Crippen molar-refractivity contribution >= 4 is 17.7 Å². The summed E-state index contributed by atoms with van der Waals surface area (Å²) in [5, 5.41) is 8.42. The number of benzene rings is 1. The van der Waals surface area contributed by atoms with E-state index >= 15 is 0 Å².